The molecule has 0 spiro atoms. The van der Waals surface area contributed by atoms with E-state index in [1.165, 1.54) is 4.88 Å². The van der Waals surface area contributed by atoms with Gasteiger partial charge in [-0.3, -0.25) is 9.59 Å². The molecule has 1 aromatic heterocycles. The van der Waals surface area contributed by atoms with Crippen LogP contribution in [-0.2, 0) is 4.79 Å². The van der Waals surface area contributed by atoms with Crippen LogP contribution in [0.2, 0.25) is 0 Å². The van der Waals surface area contributed by atoms with Gasteiger partial charge in [0.25, 0.3) is 5.91 Å². The van der Waals surface area contributed by atoms with E-state index in [9.17, 15) is 9.59 Å². The van der Waals surface area contributed by atoms with Gasteiger partial charge in [0.2, 0.25) is 0 Å². The Morgan fingerprint density at radius 3 is 2.80 bits per heavy atom. The van der Waals surface area contributed by atoms with E-state index in [2.05, 4.69) is 0 Å². The molecule has 1 N–H and O–H groups in total. The Morgan fingerprint density at radius 2 is 2.20 bits per heavy atom. The minimum absolute atomic E-state index is 0.103. The van der Waals surface area contributed by atoms with Crippen LogP contribution in [0.1, 0.15) is 45.8 Å². The number of carboxylic acids is 1. The van der Waals surface area contributed by atoms with E-state index in [-0.39, 0.29) is 12.3 Å². The fourth-order valence-corrected chi connectivity index (χ4v) is 3.65. The summed E-state index contributed by atoms with van der Waals surface area (Å²) in [6.45, 7) is 5.54. The van der Waals surface area contributed by atoms with Crippen molar-refractivity contribution in [3.8, 4) is 0 Å². The average Bonchev–Trinajstić information content (AvgIpc) is 2.76. The lowest BCUT2D eigenvalue weighted by Gasteiger charge is -2.32. The van der Waals surface area contributed by atoms with Gasteiger partial charge in [0.1, 0.15) is 0 Å². The van der Waals surface area contributed by atoms with Crippen LogP contribution in [0.4, 0.5) is 0 Å². The zero-order valence-electron chi connectivity index (χ0n) is 12.0. The van der Waals surface area contributed by atoms with E-state index in [4.69, 9.17) is 5.11 Å². The molecule has 110 valence electrons. The van der Waals surface area contributed by atoms with Gasteiger partial charge in [0.05, 0.1) is 4.88 Å². The molecule has 1 fully saturated rings. The maximum atomic E-state index is 12.5. The predicted molar refractivity (Wildman–Crippen MR) is 79.3 cm³/mol. The molecule has 2 heterocycles. The number of aliphatic carboxylic acids is 1. The number of thiophene rings is 1. The van der Waals surface area contributed by atoms with Crippen molar-refractivity contribution in [2.24, 2.45) is 5.92 Å². The Hall–Kier alpha value is -1.36. The van der Waals surface area contributed by atoms with Gasteiger partial charge >= 0.3 is 5.97 Å². The first-order valence-corrected chi connectivity index (χ1v) is 7.87. The van der Waals surface area contributed by atoms with Crippen molar-refractivity contribution in [2.75, 3.05) is 13.1 Å². The summed E-state index contributed by atoms with van der Waals surface area (Å²) < 4.78 is 0. The molecular weight excluding hydrogens is 274 g/mol. The van der Waals surface area contributed by atoms with E-state index in [1.54, 1.807) is 11.3 Å². The topological polar surface area (TPSA) is 57.6 Å². The molecule has 1 saturated heterocycles. The maximum Gasteiger partial charge on any atom is 0.303 e. The summed E-state index contributed by atoms with van der Waals surface area (Å²) in [7, 11) is 0. The molecule has 1 amide bonds. The number of carboxylic acid groups (broad SMARTS) is 1. The van der Waals surface area contributed by atoms with Gasteiger partial charge in [-0.2, -0.15) is 0 Å². The monoisotopic (exact) mass is 295 g/mol. The first-order chi connectivity index (χ1) is 9.47. The third kappa shape index (κ3) is 3.60. The highest BCUT2D eigenvalue weighted by Crippen LogP contribution is 2.26. The van der Waals surface area contributed by atoms with Gasteiger partial charge in [0, 0.05) is 24.4 Å². The largest absolute Gasteiger partial charge is 0.481 e. The lowest BCUT2D eigenvalue weighted by atomic mass is 9.93. The Balaban J connectivity index is 1.97. The smallest absolute Gasteiger partial charge is 0.303 e. The zero-order chi connectivity index (χ0) is 14.7. The first kappa shape index (κ1) is 15.0. The second-order valence-electron chi connectivity index (χ2n) is 5.54. The number of hydrogen-bond acceptors (Lipinski definition) is 3. The van der Waals surface area contributed by atoms with Crippen molar-refractivity contribution < 1.29 is 14.7 Å². The lowest BCUT2D eigenvalue weighted by molar-refractivity contribution is -0.137. The van der Waals surface area contributed by atoms with Crippen LogP contribution in [0, 0.1) is 19.8 Å². The van der Waals surface area contributed by atoms with Crippen LogP contribution in [0.5, 0.6) is 0 Å². The number of hydrogen-bond donors (Lipinski definition) is 1. The molecule has 20 heavy (non-hydrogen) atoms. The van der Waals surface area contributed by atoms with Gasteiger partial charge in [-0.05, 0) is 50.7 Å². The molecular formula is C15H21NO3S. The predicted octanol–water partition coefficient (Wildman–Crippen LogP) is 3.08. The summed E-state index contributed by atoms with van der Waals surface area (Å²) in [4.78, 5) is 27.0. The Labute approximate surface area is 123 Å². The third-order valence-corrected chi connectivity index (χ3v) is 5.09. The molecule has 4 nitrogen and oxygen atoms in total. The summed E-state index contributed by atoms with van der Waals surface area (Å²) in [6.07, 6.45) is 2.87. The van der Waals surface area contributed by atoms with E-state index < -0.39 is 5.97 Å². The fraction of sp³-hybridized carbons (Fsp3) is 0.600. The molecule has 1 atom stereocenters. The quantitative estimate of drug-likeness (QED) is 0.928. The maximum absolute atomic E-state index is 12.5. The van der Waals surface area contributed by atoms with Crippen molar-refractivity contribution in [3.63, 3.8) is 0 Å². The Bertz CT molecular complexity index is 490. The van der Waals surface area contributed by atoms with Crippen LogP contribution >= 0.6 is 11.3 Å². The Kier molecular flexibility index (Phi) is 4.81. The van der Waals surface area contributed by atoms with Crippen molar-refractivity contribution in [2.45, 2.75) is 39.5 Å². The standard InChI is InChI=1S/C15H21NO3S/c1-10-8-13(20-11(10)2)15(19)16-7-3-4-12(9-16)5-6-14(17)18/h8,12H,3-7,9H2,1-2H3,(H,17,18)/t12-/m1/s1. The second kappa shape index (κ2) is 6.39. The third-order valence-electron chi connectivity index (χ3n) is 3.95. The molecule has 2 rings (SSSR count). The van der Waals surface area contributed by atoms with Gasteiger partial charge in [-0.25, -0.2) is 0 Å². The van der Waals surface area contributed by atoms with Crippen LogP contribution in [0.3, 0.4) is 0 Å². The average molecular weight is 295 g/mol. The van der Waals surface area contributed by atoms with Gasteiger partial charge in [-0.15, -0.1) is 11.3 Å². The van der Waals surface area contributed by atoms with Crippen molar-refractivity contribution in [1.29, 1.82) is 0 Å². The molecule has 1 aliphatic rings. The molecule has 1 aromatic rings. The highest BCUT2D eigenvalue weighted by molar-refractivity contribution is 7.14. The molecule has 0 aromatic carbocycles. The van der Waals surface area contributed by atoms with Crippen LogP contribution < -0.4 is 0 Å². The highest BCUT2D eigenvalue weighted by atomic mass is 32.1. The minimum atomic E-state index is -0.752. The molecule has 0 bridgehead atoms. The number of carbonyl (C=O) groups is 2. The molecule has 1 aliphatic heterocycles. The summed E-state index contributed by atoms with van der Waals surface area (Å²) in [5, 5.41) is 8.75. The van der Waals surface area contributed by atoms with E-state index in [0.29, 0.717) is 18.9 Å². The molecule has 0 saturated carbocycles. The number of amides is 1. The molecule has 0 radical (unpaired) electrons. The SMILES string of the molecule is Cc1cc(C(=O)N2CCC[C@H](CCC(=O)O)C2)sc1C. The number of carbonyl (C=O) groups excluding carboxylic acids is 1. The van der Waals surface area contributed by atoms with Crippen LogP contribution in [-0.4, -0.2) is 35.0 Å². The highest BCUT2D eigenvalue weighted by Gasteiger charge is 2.25. The van der Waals surface area contributed by atoms with Gasteiger partial charge < -0.3 is 10.0 Å². The van der Waals surface area contributed by atoms with E-state index >= 15 is 0 Å². The van der Waals surface area contributed by atoms with E-state index in [0.717, 1.165) is 29.8 Å². The minimum Gasteiger partial charge on any atom is -0.481 e. The van der Waals surface area contributed by atoms with Crippen molar-refractivity contribution in [3.05, 3.63) is 21.4 Å². The fourth-order valence-electron chi connectivity index (χ4n) is 2.65. The number of nitrogens with zero attached hydrogens (tertiary/aromatic N) is 1. The van der Waals surface area contributed by atoms with Gasteiger partial charge in [-0.1, -0.05) is 0 Å². The number of piperidine rings is 1. The number of likely N-dealkylation sites (tertiary alicyclic amines) is 1. The number of aryl methyl sites for hydroxylation is 2. The molecule has 0 aliphatic carbocycles. The van der Waals surface area contributed by atoms with Gasteiger partial charge in [0.15, 0.2) is 0 Å². The first-order valence-electron chi connectivity index (χ1n) is 7.05. The Morgan fingerprint density at radius 1 is 1.45 bits per heavy atom. The van der Waals surface area contributed by atoms with E-state index in [1.807, 2.05) is 24.8 Å². The van der Waals surface area contributed by atoms with Crippen molar-refractivity contribution >= 4 is 23.2 Å². The summed E-state index contributed by atoms with van der Waals surface area (Å²) in [5.74, 6) is -0.324. The summed E-state index contributed by atoms with van der Waals surface area (Å²) in [5.41, 5.74) is 1.16. The zero-order valence-corrected chi connectivity index (χ0v) is 12.8. The van der Waals surface area contributed by atoms with Crippen LogP contribution in [0.25, 0.3) is 0 Å². The van der Waals surface area contributed by atoms with Crippen molar-refractivity contribution in [1.82, 2.24) is 4.90 Å². The lowest BCUT2D eigenvalue weighted by Crippen LogP contribution is -2.39. The normalized spacial score (nSPS) is 19.1. The summed E-state index contributed by atoms with van der Waals surface area (Å²) >= 11 is 1.55. The molecule has 0 unspecified atom stereocenters. The number of rotatable bonds is 4. The molecule has 5 heteroatoms. The summed E-state index contributed by atoms with van der Waals surface area (Å²) in [6, 6.07) is 1.96. The van der Waals surface area contributed by atoms with Crippen LogP contribution in [0.15, 0.2) is 6.07 Å². The second-order valence-corrected chi connectivity index (χ2v) is 6.80.